The van der Waals surface area contributed by atoms with Crippen molar-refractivity contribution in [3.63, 3.8) is 0 Å². The number of urea groups is 1. The van der Waals surface area contributed by atoms with Crippen molar-refractivity contribution in [2.24, 2.45) is 0 Å². The number of amides is 3. The minimum absolute atomic E-state index is 0.00848. The fourth-order valence-electron chi connectivity index (χ4n) is 3.32. The van der Waals surface area contributed by atoms with Crippen LogP contribution in [0.25, 0.3) is 0 Å². The lowest BCUT2D eigenvalue weighted by molar-refractivity contribution is -0.118. The predicted molar refractivity (Wildman–Crippen MR) is 111 cm³/mol. The van der Waals surface area contributed by atoms with Crippen LogP contribution in [0.3, 0.4) is 0 Å². The molecule has 150 valence electrons. The molecule has 6 nitrogen and oxygen atoms in total. The molecule has 2 N–H and O–H groups in total. The second kappa shape index (κ2) is 9.68. The number of aromatic nitrogens is 1. The molecule has 3 amide bonds. The van der Waals surface area contributed by atoms with E-state index in [0.717, 1.165) is 48.6 Å². The minimum atomic E-state index is -0.0107. The number of hydrogen-bond donors (Lipinski definition) is 2. The topological polar surface area (TPSA) is 74.3 Å². The van der Waals surface area contributed by atoms with Gasteiger partial charge in [-0.15, -0.1) is 11.3 Å². The van der Waals surface area contributed by atoms with Gasteiger partial charge >= 0.3 is 6.03 Å². The summed E-state index contributed by atoms with van der Waals surface area (Å²) >= 11 is 1.69. The summed E-state index contributed by atoms with van der Waals surface area (Å²) in [6, 6.07) is 8.23. The summed E-state index contributed by atoms with van der Waals surface area (Å²) in [6.45, 7) is 6.27. The van der Waals surface area contributed by atoms with Crippen molar-refractivity contribution < 1.29 is 9.59 Å². The molecule has 0 radical (unpaired) electrons. The van der Waals surface area contributed by atoms with E-state index in [1.807, 2.05) is 17.0 Å². The standard InChI is InChI=1S/C21H28N4O2S/c1-15-3-5-17(6-4-15)13-23-21(27)25-11-8-18(9-12-25)20-24-19(14-28-20)7-10-22-16(2)26/h3-6,14,18H,7-13H2,1-2H3,(H,22,26)(H,23,27). The van der Waals surface area contributed by atoms with E-state index in [4.69, 9.17) is 4.98 Å². The van der Waals surface area contributed by atoms with Gasteiger partial charge in [0.05, 0.1) is 10.7 Å². The molecule has 0 unspecified atom stereocenters. The van der Waals surface area contributed by atoms with Crippen molar-refractivity contribution >= 4 is 23.3 Å². The Morgan fingerprint density at radius 2 is 1.89 bits per heavy atom. The zero-order valence-electron chi connectivity index (χ0n) is 16.5. The molecule has 0 atom stereocenters. The van der Waals surface area contributed by atoms with E-state index in [0.29, 0.717) is 19.0 Å². The second-order valence-corrected chi connectivity index (χ2v) is 8.21. The van der Waals surface area contributed by atoms with E-state index in [1.54, 1.807) is 11.3 Å². The Labute approximate surface area is 170 Å². The molecule has 1 aromatic carbocycles. The average Bonchev–Trinajstić information content (AvgIpc) is 3.16. The highest BCUT2D eigenvalue weighted by atomic mass is 32.1. The quantitative estimate of drug-likeness (QED) is 0.782. The van der Waals surface area contributed by atoms with Crippen LogP contribution in [0.2, 0.25) is 0 Å². The maximum absolute atomic E-state index is 12.4. The van der Waals surface area contributed by atoms with Crippen LogP contribution < -0.4 is 10.6 Å². The molecular weight excluding hydrogens is 372 g/mol. The summed E-state index contributed by atoms with van der Waals surface area (Å²) in [5.74, 6) is 0.407. The van der Waals surface area contributed by atoms with Crippen molar-refractivity contribution in [2.75, 3.05) is 19.6 Å². The minimum Gasteiger partial charge on any atom is -0.356 e. The summed E-state index contributed by atoms with van der Waals surface area (Å²) in [5.41, 5.74) is 3.37. The monoisotopic (exact) mass is 400 g/mol. The molecule has 7 heteroatoms. The molecule has 1 aliphatic rings. The fourth-order valence-corrected chi connectivity index (χ4v) is 4.34. The van der Waals surface area contributed by atoms with Gasteiger partial charge in [-0.3, -0.25) is 4.79 Å². The van der Waals surface area contributed by atoms with E-state index < -0.39 is 0 Å². The van der Waals surface area contributed by atoms with E-state index in [-0.39, 0.29) is 11.9 Å². The van der Waals surface area contributed by atoms with Gasteiger partial charge in [0.25, 0.3) is 0 Å². The third-order valence-corrected chi connectivity index (χ3v) is 6.08. The molecule has 0 bridgehead atoms. The molecule has 0 spiro atoms. The Hall–Kier alpha value is -2.41. The number of thiazole rings is 1. The average molecular weight is 401 g/mol. The van der Waals surface area contributed by atoms with Crippen LogP contribution in [0.4, 0.5) is 4.79 Å². The molecule has 0 aliphatic carbocycles. The smallest absolute Gasteiger partial charge is 0.317 e. The SMILES string of the molecule is CC(=O)NCCc1csc(C2CCN(C(=O)NCc3ccc(C)cc3)CC2)n1. The van der Waals surface area contributed by atoms with Crippen LogP contribution in [0.15, 0.2) is 29.6 Å². The number of rotatable bonds is 6. The fraction of sp³-hybridized carbons (Fsp3) is 0.476. The van der Waals surface area contributed by atoms with Crippen molar-refractivity contribution in [2.45, 2.75) is 45.6 Å². The second-order valence-electron chi connectivity index (χ2n) is 7.32. The predicted octanol–water partition coefficient (Wildman–Crippen LogP) is 3.22. The van der Waals surface area contributed by atoms with Gasteiger partial charge in [-0.05, 0) is 25.3 Å². The number of carbonyl (C=O) groups excluding carboxylic acids is 2. The number of nitrogens with one attached hydrogen (secondary N) is 2. The number of likely N-dealkylation sites (tertiary alicyclic amines) is 1. The largest absolute Gasteiger partial charge is 0.356 e. The first-order chi connectivity index (χ1) is 13.5. The van der Waals surface area contributed by atoms with Gasteiger partial charge in [0.15, 0.2) is 0 Å². The normalized spacial score (nSPS) is 14.7. The molecular formula is C21H28N4O2S. The van der Waals surface area contributed by atoms with Crippen molar-refractivity contribution in [1.29, 1.82) is 0 Å². The Morgan fingerprint density at radius 1 is 1.18 bits per heavy atom. The van der Waals surface area contributed by atoms with Crippen molar-refractivity contribution in [3.8, 4) is 0 Å². The summed E-state index contributed by atoms with van der Waals surface area (Å²) in [7, 11) is 0. The number of piperidine rings is 1. The summed E-state index contributed by atoms with van der Waals surface area (Å²) in [6.07, 6.45) is 2.64. The molecule has 1 aromatic heterocycles. The first-order valence-electron chi connectivity index (χ1n) is 9.78. The van der Waals surface area contributed by atoms with Gasteiger partial charge in [0, 0.05) is 50.8 Å². The van der Waals surface area contributed by atoms with Crippen LogP contribution in [0, 0.1) is 6.92 Å². The molecule has 0 saturated carbocycles. The van der Waals surface area contributed by atoms with Gasteiger partial charge in [0.2, 0.25) is 5.91 Å². The first kappa shape index (κ1) is 20.3. The Kier molecular flexibility index (Phi) is 7.03. The summed E-state index contributed by atoms with van der Waals surface area (Å²) in [4.78, 5) is 30.0. The van der Waals surface area contributed by atoms with Gasteiger partial charge in [0.1, 0.15) is 0 Å². The summed E-state index contributed by atoms with van der Waals surface area (Å²) in [5, 5.41) is 9.05. The maximum Gasteiger partial charge on any atom is 0.317 e. The number of carbonyl (C=O) groups is 2. The lowest BCUT2D eigenvalue weighted by Crippen LogP contribution is -2.43. The molecule has 28 heavy (non-hydrogen) atoms. The number of nitrogens with zero attached hydrogens (tertiary/aromatic N) is 2. The Balaban J connectivity index is 1.42. The van der Waals surface area contributed by atoms with E-state index in [2.05, 4.69) is 35.1 Å². The van der Waals surface area contributed by atoms with Crippen LogP contribution in [-0.4, -0.2) is 41.5 Å². The molecule has 2 heterocycles. The van der Waals surface area contributed by atoms with Gasteiger partial charge in [-0.2, -0.15) is 0 Å². The van der Waals surface area contributed by atoms with Crippen molar-refractivity contribution in [3.05, 3.63) is 51.5 Å². The molecule has 1 aliphatic heterocycles. The molecule has 3 rings (SSSR count). The maximum atomic E-state index is 12.4. The zero-order valence-corrected chi connectivity index (χ0v) is 17.3. The third kappa shape index (κ3) is 5.79. The highest BCUT2D eigenvalue weighted by Crippen LogP contribution is 2.30. The molecule has 1 fully saturated rings. The molecule has 2 aromatic rings. The van der Waals surface area contributed by atoms with E-state index >= 15 is 0 Å². The first-order valence-corrected chi connectivity index (χ1v) is 10.7. The Morgan fingerprint density at radius 3 is 2.57 bits per heavy atom. The van der Waals surface area contributed by atoms with Gasteiger partial charge < -0.3 is 15.5 Å². The van der Waals surface area contributed by atoms with Crippen LogP contribution >= 0.6 is 11.3 Å². The number of aryl methyl sites for hydroxylation is 1. The van der Waals surface area contributed by atoms with Crippen LogP contribution in [0.5, 0.6) is 0 Å². The highest BCUT2D eigenvalue weighted by Gasteiger charge is 2.25. The number of benzene rings is 1. The Bertz CT molecular complexity index is 795. The zero-order chi connectivity index (χ0) is 19.9. The highest BCUT2D eigenvalue weighted by molar-refractivity contribution is 7.09. The van der Waals surface area contributed by atoms with E-state index in [9.17, 15) is 9.59 Å². The van der Waals surface area contributed by atoms with Crippen LogP contribution in [-0.2, 0) is 17.8 Å². The van der Waals surface area contributed by atoms with Gasteiger partial charge in [-0.1, -0.05) is 29.8 Å². The summed E-state index contributed by atoms with van der Waals surface area (Å²) < 4.78 is 0. The number of hydrogen-bond acceptors (Lipinski definition) is 4. The lowest BCUT2D eigenvalue weighted by atomic mass is 9.98. The lowest BCUT2D eigenvalue weighted by Gasteiger charge is -2.31. The van der Waals surface area contributed by atoms with Gasteiger partial charge in [-0.25, -0.2) is 9.78 Å². The van der Waals surface area contributed by atoms with Crippen LogP contribution in [0.1, 0.15) is 47.5 Å². The van der Waals surface area contributed by atoms with E-state index in [1.165, 1.54) is 12.5 Å². The third-order valence-electron chi connectivity index (χ3n) is 5.02. The van der Waals surface area contributed by atoms with Crippen molar-refractivity contribution in [1.82, 2.24) is 20.5 Å². The molecule has 1 saturated heterocycles.